The Labute approximate surface area is 184 Å². The summed E-state index contributed by atoms with van der Waals surface area (Å²) >= 11 is 0. The van der Waals surface area contributed by atoms with Crippen molar-refractivity contribution in [1.29, 1.82) is 0 Å². The van der Waals surface area contributed by atoms with Crippen LogP contribution < -0.4 is 4.90 Å². The van der Waals surface area contributed by atoms with Crippen molar-refractivity contribution in [3.8, 4) is 0 Å². The molecule has 0 radical (unpaired) electrons. The SMILES string of the molecule is CON1C=C(N(C(=Nc2cccnc2)C2C(=O)OC(C)(C)OC2=O)c2ccccc2)OC1. The number of amidine groups is 1. The van der Waals surface area contributed by atoms with Crippen molar-refractivity contribution in [3.05, 3.63) is 66.9 Å². The summed E-state index contributed by atoms with van der Waals surface area (Å²) < 4.78 is 16.5. The molecular formula is C22H22N4O6. The van der Waals surface area contributed by atoms with Gasteiger partial charge < -0.3 is 14.2 Å². The van der Waals surface area contributed by atoms with E-state index in [-0.39, 0.29) is 12.6 Å². The Morgan fingerprint density at radius 1 is 1.16 bits per heavy atom. The number of cyclic esters (lactones) is 2. The van der Waals surface area contributed by atoms with Gasteiger partial charge in [-0.3, -0.25) is 24.3 Å². The van der Waals surface area contributed by atoms with Gasteiger partial charge in [-0.25, -0.2) is 10.1 Å². The number of carbonyl (C=O) groups excluding carboxylic acids is 2. The standard InChI is InChI=1S/C22H22N4O6/c1-22(2)31-20(27)18(21(28)32-22)19(24-15-8-7-11-23-12-15)26(16-9-5-4-6-10-16)17-13-25(29-3)14-30-17/h4-13,18H,14H2,1-3H3. The summed E-state index contributed by atoms with van der Waals surface area (Å²) in [5.74, 6) is -4.05. The number of benzene rings is 1. The number of ether oxygens (including phenoxy) is 3. The number of hydroxylamine groups is 2. The van der Waals surface area contributed by atoms with Crippen molar-refractivity contribution in [2.45, 2.75) is 19.6 Å². The Morgan fingerprint density at radius 3 is 2.47 bits per heavy atom. The average Bonchev–Trinajstić information content (AvgIpc) is 3.23. The molecule has 3 heterocycles. The minimum Gasteiger partial charge on any atom is -0.454 e. The van der Waals surface area contributed by atoms with Gasteiger partial charge in [0.1, 0.15) is 5.84 Å². The van der Waals surface area contributed by atoms with Gasteiger partial charge in [0.2, 0.25) is 11.8 Å². The van der Waals surface area contributed by atoms with Crippen LogP contribution in [0.3, 0.4) is 0 Å². The predicted molar refractivity (Wildman–Crippen MR) is 113 cm³/mol. The fourth-order valence-electron chi connectivity index (χ4n) is 3.23. The Bertz CT molecular complexity index is 1030. The Morgan fingerprint density at radius 2 is 1.88 bits per heavy atom. The van der Waals surface area contributed by atoms with Crippen molar-refractivity contribution < 1.29 is 28.6 Å². The summed E-state index contributed by atoms with van der Waals surface area (Å²) in [7, 11) is 1.50. The van der Waals surface area contributed by atoms with Crippen LogP contribution in [0.1, 0.15) is 13.8 Å². The lowest BCUT2D eigenvalue weighted by atomic mass is 10.0. The zero-order chi connectivity index (χ0) is 22.7. The number of para-hydroxylation sites is 1. The molecule has 10 nitrogen and oxygen atoms in total. The first-order chi connectivity index (χ1) is 15.4. The zero-order valence-corrected chi connectivity index (χ0v) is 17.8. The van der Waals surface area contributed by atoms with Gasteiger partial charge in [0.15, 0.2) is 6.73 Å². The molecule has 1 aromatic carbocycles. The summed E-state index contributed by atoms with van der Waals surface area (Å²) in [4.78, 5) is 41.4. The minimum atomic E-state index is -1.45. The van der Waals surface area contributed by atoms with E-state index in [9.17, 15) is 9.59 Å². The number of aliphatic imine (C=N–C) groups is 1. The van der Waals surface area contributed by atoms with Crippen molar-refractivity contribution in [2.24, 2.45) is 10.9 Å². The van der Waals surface area contributed by atoms with E-state index in [0.29, 0.717) is 17.3 Å². The Balaban J connectivity index is 1.88. The predicted octanol–water partition coefficient (Wildman–Crippen LogP) is 2.72. The highest BCUT2D eigenvalue weighted by Gasteiger charge is 2.49. The maximum absolute atomic E-state index is 13.0. The number of anilines is 1. The first-order valence-electron chi connectivity index (χ1n) is 9.83. The number of aromatic nitrogens is 1. The fourth-order valence-corrected chi connectivity index (χ4v) is 3.23. The molecule has 0 aliphatic carbocycles. The van der Waals surface area contributed by atoms with Crippen LogP contribution in [0, 0.1) is 5.92 Å². The van der Waals surface area contributed by atoms with Crippen LogP contribution in [0.15, 0.2) is 71.9 Å². The normalized spacial score (nSPS) is 18.5. The summed E-state index contributed by atoms with van der Waals surface area (Å²) in [5.41, 5.74) is 1.03. The quantitative estimate of drug-likeness (QED) is 0.302. The van der Waals surface area contributed by atoms with Crippen molar-refractivity contribution in [3.63, 3.8) is 0 Å². The van der Waals surface area contributed by atoms with Crippen LogP contribution in [0.5, 0.6) is 0 Å². The Hall–Kier alpha value is -3.92. The van der Waals surface area contributed by atoms with Crippen LogP contribution >= 0.6 is 0 Å². The third-order valence-electron chi connectivity index (χ3n) is 4.60. The van der Waals surface area contributed by atoms with Gasteiger partial charge in [-0.1, -0.05) is 18.2 Å². The number of esters is 2. The number of hydrogen-bond acceptors (Lipinski definition) is 9. The maximum Gasteiger partial charge on any atom is 0.331 e. The number of nitrogens with zero attached hydrogens (tertiary/aromatic N) is 4. The molecule has 166 valence electrons. The first-order valence-corrected chi connectivity index (χ1v) is 9.83. The highest BCUT2D eigenvalue weighted by Crippen LogP contribution is 2.32. The molecule has 0 spiro atoms. The molecule has 0 unspecified atom stereocenters. The van der Waals surface area contributed by atoms with Gasteiger partial charge in [-0.05, 0) is 24.3 Å². The topological polar surface area (TPSA) is 103 Å². The molecule has 2 aliphatic heterocycles. The molecule has 0 N–H and O–H groups in total. The largest absolute Gasteiger partial charge is 0.454 e. The summed E-state index contributed by atoms with van der Waals surface area (Å²) in [6.45, 7) is 3.10. The van der Waals surface area contributed by atoms with Crippen LogP contribution in [0.25, 0.3) is 0 Å². The molecule has 1 aromatic heterocycles. The van der Waals surface area contributed by atoms with E-state index < -0.39 is 23.6 Å². The van der Waals surface area contributed by atoms with Gasteiger partial charge in [0, 0.05) is 20.0 Å². The molecule has 2 aromatic rings. The highest BCUT2D eigenvalue weighted by molar-refractivity contribution is 6.23. The lowest BCUT2D eigenvalue weighted by molar-refractivity contribution is -0.235. The van der Waals surface area contributed by atoms with Crippen LogP contribution in [0.4, 0.5) is 11.4 Å². The number of pyridine rings is 1. The van der Waals surface area contributed by atoms with Gasteiger partial charge >= 0.3 is 11.9 Å². The van der Waals surface area contributed by atoms with Crippen molar-refractivity contribution >= 4 is 29.1 Å². The van der Waals surface area contributed by atoms with Gasteiger partial charge in [-0.2, -0.15) is 0 Å². The second kappa shape index (κ2) is 8.67. The Kier molecular flexibility index (Phi) is 5.78. The van der Waals surface area contributed by atoms with E-state index in [4.69, 9.17) is 19.0 Å². The molecule has 32 heavy (non-hydrogen) atoms. The molecule has 0 bridgehead atoms. The van der Waals surface area contributed by atoms with Gasteiger partial charge in [-0.15, -0.1) is 0 Å². The maximum atomic E-state index is 13.0. The zero-order valence-electron chi connectivity index (χ0n) is 17.8. The first kappa shape index (κ1) is 21.3. The van der Waals surface area contributed by atoms with E-state index in [2.05, 4.69) is 9.98 Å². The van der Waals surface area contributed by atoms with E-state index in [1.807, 2.05) is 18.2 Å². The monoisotopic (exact) mass is 438 g/mol. The van der Waals surface area contributed by atoms with E-state index in [1.54, 1.807) is 41.6 Å². The number of carbonyl (C=O) groups is 2. The number of hydrogen-bond donors (Lipinski definition) is 0. The lowest BCUT2D eigenvalue weighted by Gasteiger charge is -2.36. The number of rotatable bonds is 5. The lowest BCUT2D eigenvalue weighted by Crippen LogP contribution is -2.52. The molecule has 10 heteroatoms. The average molecular weight is 438 g/mol. The molecular weight excluding hydrogens is 416 g/mol. The van der Waals surface area contributed by atoms with Crippen molar-refractivity contribution in [2.75, 3.05) is 18.7 Å². The summed E-state index contributed by atoms with van der Waals surface area (Å²) in [5, 5.41) is 1.45. The third kappa shape index (κ3) is 4.40. The van der Waals surface area contributed by atoms with Crippen LogP contribution in [0.2, 0.25) is 0 Å². The van der Waals surface area contributed by atoms with E-state index >= 15 is 0 Å². The fraction of sp³-hybridized carbons (Fsp3) is 0.273. The minimum absolute atomic E-state index is 0.0407. The smallest absolute Gasteiger partial charge is 0.331 e. The summed E-state index contributed by atoms with van der Waals surface area (Å²) in [6.07, 6.45) is 4.70. The molecule has 0 saturated carbocycles. The van der Waals surface area contributed by atoms with Gasteiger partial charge in [0.05, 0.1) is 30.9 Å². The van der Waals surface area contributed by atoms with Gasteiger partial charge in [0.25, 0.3) is 5.79 Å². The second-order valence-corrected chi connectivity index (χ2v) is 7.37. The second-order valence-electron chi connectivity index (χ2n) is 7.37. The molecule has 1 saturated heterocycles. The molecule has 1 fully saturated rings. The van der Waals surface area contributed by atoms with E-state index in [1.165, 1.54) is 32.2 Å². The van der Waals surface area contributed by atoms with Crippen molar-refractivity contribution in [1.82, 2.24) is 10.0 Å². The van der Waals surface area contributed by atoms with Crippen LogP contribution in [-0.2, 0) is 28.6 Å². The molecule has 4 rings (SSSR count). The highest BCUT2D eigenvalue weighted by atomic mass is 16.7. The molecule has 0 amide bonds. The van der Waals surface area contributed by atoms with E-state index in [0.717, 1.165) is 0 Å². The molecule has 2 aliphatic rings. The summed E-state index contributed by atoms with van der Waals surface area (Å²) in [6, 6.07) is 12.5. The third-order valence-corrected chi connectivity index (χ3v) is 4.60. The van der Waals surface area contributed by atoms with Crippen LogP contribution in [-0.4, -0.2) is 47.4 Å². The molecule has 0 atom stereocenters.